The average Bonchev–Trinajstić information content (AvgIpc) is 3.02. The number of aliphatic hydroxyl groups excluding tert-OH is 1. The Balaban J connectivity index is 2.24. The van der Waals surface area contributed by atoms with E-state index in [1.54, 1.807) is 19.9 Å². The first-order valence-corrected chi connectivity index (χ1v) is 9.16. The number of esters is 1. The predicted molar refractivity (Wildman–Crippen MR) is 105 cm³/mol. The van der Waals surface area contributed by atoms with Gasteiger partial charge in [0, 0.05) is 0 Å². The predicted octanol–water partition coefficient (Wildman–Crippen LogP) is 3.84. The topological polar surface area (TPSA) is 151 Å². The maximum absolute atomic E-state index is 12.5. The number of benzene rings is 1. The quantitative estimate of drug-likeness (QED) is 0.267. The minimum atomic E-state index is -1.21. The van der Waals surface area contributed by atoms with Gasteiger partial charge in [0.2, 0.25) is 0 Å². The molecule has 2 aromatic rings. The van der Waals surface area contributed by atoms with Crippen LogP contribution in [0.4, 0.5) is 10.8 Å². The van der Waals surface area contributed by atoms with Gasteiger partial charge in [-0.05, 0) is 32.9 Å². The van der Waals surface area contributed by atoms with E-state index in [0.717, 1.165) is 11.3 Å². The van der Waals surface area contributed by atoms with E-state index in [4.69, 9.17) is 9.84 Å². The third kappa shape index (κ3) is 5.45. The number of anilines is 1. The Bertz CT molecular complexity index is 1010. The molecule has 0 radical (unpaired) electrons. The fourth-order valence-electron chi connectivity index (χ4n) is 2.12. The molecule has 0 aliphatic rings. The van der Waals surface area contributed by atoms with E-state index in [1.807, 2.05) is 0 Å². The molecule has 11 heteroatoms. The zero-order valence-corrected chi connectivity index (χ0v) is 16.6. The maximum Gasteiger partial charge on any atom is 0.350 e. The van der Waals surface area contributed by atoms with E-state index in [0.29, 0.717) is 5.69 Å². The minimum absolute atomic E-state index is 0.0150. The number of rotatable bonds is 7. The Labute approximate surface area is 169 Å². The van der Waals surface area contributed by atoms with Crippen molar-refractivity contribution in [2.45, 2.75) is 20.8 Å². The van der Waals surface area contributed by atoms with E-state index in [-0.39, 0.29) is 27.9 Å². The number of thiazole rings is 1. The number of hydrogen-bond acceptors (Lipinski definition) is 9. The highest BCUT2D eigenvalue weighted by Gasteiger charge is 2.20. The van der Waals surface area contributed by atoms with Crippen LogP contribution in [0.15, 0.2) is 46.0 Å². The SMILES string of the molecule is CCOC(=O)c1sc(NC(=O)C(N=Nc2ccccc2C(=O)O)=C(C)O)nc1C. The molecule has 0 spiro atoms. The van der Waals surface area contributed by atoms with E-state index in [2.05, 4.69) is 20.5 Å². The second-order valence-electron chi connectivity index (χ2n) is 5.56. The molecule has 0 aliphatic carbocycles. The number of aromatic carboxylic acids is 1. The number of carbonyl (C=O) groups excluding carboxylic acids is 2. The van der Waals surface area contributed by atoms with Gasteiger partial charge in [-0.2, -0.15) is 0 Å². The fourth-order valence-corrected chi connectivity index (χ4v) is 2.98. The molecular weight excluding hydrogens is 400 g/mol. The van der Waals surface area contributed by atoms with Gasteiger partial charge in [-0.3, -0.25) is 10.1 Å². The van der Waals surface area contributed by atoms with Crippen molar-refractivity contribution >= 4 is 40.0 Å². The van der Waals surface area contributed by atoms with Gasteiger partial charge in [0.15, 0.2) is 10.8 Å². The third-order valence-electron chi connectivity index (χ3n) is 3.43. The van der Waals surface area contributed by atoms with Gasteiger partial charge in [0.05, 0.1) is 17.9 Å². The summed E-state index contributed by atoms with van der Waals surface area (Å²) < 4.78 is 4.92. The van der Waals surface area contributed by atoms with Crippen LogP contribution in [0.5, 0.6) is 0 Å². The fraction of sp³-hybridized carbons (Fsp3) is 0.222. The van der Waals surface area contributed by atoms with Crippen LogP contribution in [0, 0.1) is 6.92 Å². The van der Waals surface area contributed by atoms with Gasteiger partial charge in [-0.15, -0.1) is 10.2 Å². The number of carboxylic acids is 1. The first-order valence-electron chi connectivity index (χ1n) is 8.34. The molecule has 0 unspecified atom stereocenters. The van der Waals surface area contributed by atoms with E-state index < -0.39 is 29.3 Å². The highest BCUT2D eigenvalue weighted by Crippen LogP contribution is 2.25. The summed E-state index contributed by atoms with van der Waals surface area (Å²) in [7, 11) is 0. The molecule has 1 aromatic heterocycles. The van der Waals surface area contributed by atoms with Crippen LogP contribution in [0.1, 0.15) is 39.6 Å². The molecule has 10 nitrogen and oxygen atoms in total. The zero-order chi connectivity index (χ0) is 21.6. The van der Waals surface area contributed by atoms with Gasteiger partial charge >= 0.3 is 11.9 Å². The summed E-state index contributed by atoms with van der Waals surface area (Å²) in [5.41, 5.74) is -0.148. The number of carbonyl (C=O) groups is 3. The van der Waals surface area contributed by atoms with Crippen LogP contribution in [0.25, 0.3) is 0 Å². The molecule has 3 N–H and O–H groups in total. The summed E-state index contributed by atoms with van der Waals surface area (Å²) in [4.78, 5) is 39.9. The Hall–Kier alpha value is -3.60. The van der Waals surface area contributed by atoms with Crippen LogP contribution >= 0.6 is 11.3 Å². The monoisotopic (exact) mass is 418 g/mol. The molecule has 0 atom stereocenters. The van der Waals surface area contributed by atoms with Gasteiger partial charge in [0.1, 0.15) is 16.3 Å². The number of ether oxygens (including phenoxy) is 1. The van der Waals surface area contributed by atoms with Crippen LogP contribution in [0.3, 0.4) is 0 Å². The molecule has 0 fully saturated rings. The maximum atomic E-state index is 12.5. The lowest BCUT2D eigenvalue weighted by Crippen LogP contribution is -2.14. The van der Waals surface area contributed by atoms with Crippen molar-refractivity contribution in [1.82, 2.24) is 4.98 Å². The van der Waals surface area contributed by atoms with Crippen molar-refractivity contribution in [2.75, 3.05) is 11.9 Å². The Morgan fingerprint density at radius 1 is 1.24 bits per heavy atom. The summed E-state index contributed by atoms with van der Waals surface area (Å²) in [5.74, 6) is -3.02. The highest BCUT2D eigenvalue weighted by atomic mass is 32.1. The number of carboxylic acid groups (broad SMARTS) is 1. The lowest BCUT2D eigenvalue weighted by Gasteiger charge is -2.03. The summed E-state index contributed by atoms with van der Waals surface area (Å²) in [6.07, 6.45) is 0. The van der Waals surface area contributed by atoms with E-state index in [9.17, 15) is 19.5 Å². The van der Waals surface area contributed by atoms with Crippen molar-refractivity contribution in [3.8, 4) is 0 Å². The highest BCUT2D eigenvalue weighted by molar-refractivity contribution is 7.17. The normalized spacial score (nSPS) is 11.8. The number of aromatic nitrogens is 1. The molecule has 1 amide bonds. The van der Waals surface area contributed by atoms with E-state index in [1.165, 1.54) is 25.1 Å². The molecule has 1 heterocycles. The van der Waals surface area contributed by atoms with Gasteiger partial charge < -0.3 is 14.9 Å². The molecule has 2 rings (SSSR count). The second kappa shape index (κ2) is 9.55. The summed E-state index contributed by atoms with van der Waals surface area (Å²) >= 11 is 0.914. The number of hydrogen-bond donors (Lipinski definition) is 3. The second-order valence-corrected chi connectivity index (χ2v) is 6.56. The first kappa shape index (κ1) is 21.7. The number of nitrogens with zero attached hydrogens (tertiary/aromatic N) is 3. The van der Waals surface area contributed by atoms with Crippen LogP contribution < -0.4 is 5.32 Å². The number of nitrogens with one attached hydrogen (secondary N) is 1. The standard InChI is InChI=1S/C18H18N4O6S/c1-4-28-17(27)14-9(2)19-18(29-14)20-15(24)13(10(3)23)22-21-12-8-6-5-7-11(12)16(25)26/h5-8,23H,4H2,1-3H3,(H,25,26)(H,19,20,24). The summed E-state index contributed by atoms with van der Waals surface area (Å²) in [6.45, 7) is 4.70. The Morgan fingerprint density at radius 2 is 1.93 bits per heavy atom. The van der Waals surface area contributed by atoms with Crippen molar-refractivity contribution in [2.24, 2.45) is 10.2 Å². The molecule has 0 aliphatic heterocycles. The smallest absolute Gasteiger partial charge is 0.350 e. The summed E-state index contributed by atoms with van der Waals surface area (Å²) in [6, 6.07) is 5.83. The first-order chi connectivity index (χ1) is 13.7. The number of azo groups is 1. The van der Waals surface area contributed by atoms with Gasteiger partial charge in [0.25, 0.3) is 5.91 Å². The molecular formula is C18H18N4O6S. The van der Waals surface area contributed by atoms with E-state index >= 15 is 0 Å². The van der Waals surface area contributed by atoms with Crippen molar-refractivity contribution in [3.63, 3.8) is 0 Å². The lowest BCUT2D eigenvalue weighted by atomic mass is 10.2. The van der Waals surface area contributed by atoms with Crippen LogP contribution in [-0.4, -0.2) is 39.6 Å². The molecule has 0 saturated heterocycles. The number of amides is 1. The number of aliphatic hydroxyl groups is 1. The van der Waals surface area contributed by atoms with Gasteiger partial charge in [-0.1, -0.05) is 23.5 Å². The molecule has 0 saturated carbocycles. The van der Waals surface area contributed by atoms with Crippen molar-refractivity contribution in [1.29, 1.82) is 0 Å². The van der Waals surface area contributed by atoms with Gasteiger partial charge in [-0.25, -0.2) is 14.6 Å². The molecule has 1 aromatic carbocycles. The van der Waals surface area contributed by atoms with Crippen molar-refractivity contribution in [3.05, 3.63) is 51.9 Å². The Kier molecular flexibility index (Phi) is 7.15. The minimum Gasteiger partial charge on any atom is -0.510 e. The van der Waals surface area contributed by atoms with Crippen LogP contribution in [-0.2, 0) is 9.53 Å². The number of aryl methyl sites for hydroxylation is 1. The third-order valence-corrected chi connectivity index (χ3v) is 4.48. The Morgan fingerprint density at radius 3 is 2.55 bits per heavy atom. The van der Waals surface area contributed by atoms with Crippen molar-refractivity contribution < 1.29 is 29.3 Å². The largest absolute Gasteiger partial charge is 0.510 e. The zero-order valence-electron chi connectivity index (χ0n) is 15.8. The molecule has 152 valence electrons. The van der Waals surface area contributed by atoms with Crippen LogP contribution in [0.2, 0.25) is 0 Å². The number of allylic oxidation sites excluding steroid dienone is 1. The summed E-state index contributed by atoms with van der Waals surface area (Å²) in [5, 5.41) is 28.9. The molecule has 0 bridgehead atoms. The lowest BCUT2D eigenvalue weighted by molar-refractivity contribution is -0.113. The average molecular weight is 418 g/mol. The molecule has 29 heavy (non-hydrogen) atoms.